The maximum atomic E-state index is 12.9. The Hall–Kier alpha value is -2.32. The molecule has 1 aromatic carbocycles. The second-order valence-corrected chi connectivity index (χ2v) is 5.63. The first-order chi connectivity index (χ1) is 10.8. The van der Waals surface area contributed by atoms with E-state index >= 15 is 0 Å². The third-order valence-electron chi connectivity index (χ3n) is 4.11. The van der Waals surface area contributed by atoms with E-state index < -0.39 is 0 Å². The molecule has 2 aromatic rings. The van der Waals surface area contributed by atoms with Crippen molar-refractivity contribution in [3.63, 3.8) is 0 Å². The molecule has 114 valence electrons. The molecule has 2 heterocycles. The number of H-pyrrole nitrogens is 1. The maximum Gasteiger partial charge on any atom is 0.254 e. The van der Waals surface area contributed by atoms with Crippen molar-refractivity contribution in [2.24, 2.45) is 5.92 Å². The van der Waals surface area contributed by atoms with E-state index in [1.54, 1.807) is 4.90 Å². The number of fused-ring (bicyclic) bond motifs is 1. The average molecular weight is 297 g/mol. The van der Waals surface area contributed by atoms with Gasteiger partial charge in [-0.2, -0.15) is 5.26 Å². The van der Waals surface area contributed by atoms with Gasteiger partial charge in [0.2, 0.25) is 0 Å². The number of nitrogens with zero attached hydrogens (tertiary/aromatic N) is 2. The van der Waals surface area contributed by atoms with Gasteiger partial charge < -0.3 is 14.6 Å². The summed E-state index contributed by atoms with van der Waals surface area (Å²) in [5.74, 6) is 0.362. The zero-order valence-electron chi connectivity index (χ0n) is 12.4. The number of aromatic nitrogens is 1. The van der Waals surface area contributed by atoms with E-state index in [4.69, 9.17) is 10.00 Å². The minimum absolute atomic E-state index is 0.00708. The van der Waals surface area contributed by atoms with Gasteiger partial charge in [0.15, 0.2) is 0 Å². The standard InChI is InChI=1S/C17H19N3O2/c18-7-2-9-20(11-13-6-10-22-12-13)17(21)15-3-1-4-16-14(15)5-8-19-16/h1,3-5,8,13,19H,2,6,9-12H2/t13-/m0/s1. The van der Waals surface area contributed by atoms with E-state index in [-0.39, 0.29) is 5.91 Å². The number of amides is 1. The van der Waals surface area contributed by atoms with Crippen LogP contribution in [0.1, 0.15) is 23.2 Å². The van der Waals surface area contributed by atoms with Crippen LogP contribution in [0.25, 0.3) is 10.9 Å². The first-order valence-electron chi connectivity index (χ1n) is 7.59. The molecule has 0 spiro atoms. The van der Waals surface area contributed by atoms with Gasteiger partial charge in [0.05, 0.1) is 19.1 Å². The molecule has 0 saturated carbocycles. The molecule has 1 N–H and O–H groups in total. The Kier molecular flexibility index (Phi) is 4.40. The highest BCUT2D eigenvalue weighted by Gasteiger charge is 2.24. The van der Waals surface area contributed by atoms with Crippen molar-refractivity contribution in [2.45, 2.75) is 12.8 Å². The number of carbonyl (C=O) groups is 1. The van der Waals surface area contributed by atoms with Crippen molar-refractivity contribution in [1.82, 2.24) is 9.88 Å². The van der Waals surface area contributed by atoms with E-state index in [1.807, 2.05) is 30.5 Å². The molecule has 0 unspecified atom stereocenters. The van der Waals surface area contributed by atoms with Crippen LogP contribution in [0.15, 0.2) is 30.5 Å². The van der Waals surface area contributed by atoms with Gasteiger partial charge in [0, 0.05) is 48.3 Å². The number of rotatable bonds is 5. The normalized spacial score (nSPS) is 17.5. The monoisotopic (exact) mass is 297 g/mol. The van der Waals surface area contributed by atoms with E-state index in [9.17, 15) is 4.79 Å². The van der Waals surface area contributed by atoms with E-state index in [0.717, 1.165) is 23.9 Å². The molecule has 1 aliphatic rings. The molecule has 3 rings (SSSR count). The van der Waals surface area contributed by atoms with Gasteiger partial charge in [-0.3, -0.25) is 4.79 Å². The van der Waals surface area contributed by atoms with Crippen molar-refractivity contribution in [3.8, 4) is 6.07 Å². The summed E-state index contributed by atoms with van der Waals surface area (Å²) in [6.07, 6.45) is 3.17. The highest BCUT2D eigenvalue weighted by molar-refractivity contribution is 6.06. The molecule has 22 heavy (non-hydrogen) atoms. The molecule has 0 bridgehead atoms. The Morgan fingerprint density at radius 3 is 3.14 bits per heavy atom. The lowest BCUT2D eigenvalue weighted by Gasteiger charge is -2.24. The van der Waals surface area contributed by atoms with Crippen LogP contribution in [0, 0.1) is 17.2 Å². The molecule has 1 aromatic heterocycles. The van der Waals surface area contributed by atoms with E-state index in [2.05, 4.69) is 11.1 Å². The zero-order chi connectivity index (χ0) is 15.4. The predicted octanol–water partition coefficient (Wildman–Crippen LogP) is 2.56. The minimum Gasteiger partial charge on any atom is -0.381 e. The highest BCUT2D eigenvalue weighted by atomic mass is 16.5. The molecule has 1 amide bonds. The van der Waals surface area contributed by atoms with Crippen molar-refractivity contribution in [1.29, 1.82) is 5.26 Å². The van der Waals surface area contributed by atoms with Crippen LogP contribution in [0.5, 0.6) is 0 Å². The number of hydrogen-bond acceptors (Lipinski definition) is 3. The highest BCUT2D eigenvalue weighted by Crippen LogP contribution is 2.21. The molecule has 1 fully saturated rings. The predicted molar refractivity (Wildman–Crippen MR) is 83.4 cm³/mol. The summed E-state index contributed by atoms with van der Waals surface area (Å²) in [6, 6.07) is 9.74. The van der Waals surface area contributed by atoms with Gasteiger partial charge >= 0.3 is 0 Å². The lowest BCUT2D eigenvalue weighted by molar-refractivity contribution is 0.0726. The van der Waals surface area contributed by atoms with Crippen LogP contribution in [-0.2, 0) is 4.74 Å². The average Bonchev–Trinajstić information content (AvgIpc) is 3.21. The SMILES string of the molecule is N#CCCN(C[C@@H]1CCOC1)C(=O)c1cccc2[nH]ccc12. The smallest absolute Gasteiger partial charge is 0.254 e. The van der Waals surface area contributed by atoms with Crippen LogP contribution >= 0.6 is 0 Å². The number of nitrogens with one attached hydrogen (secondary N) is 1. The number of hydrogen-bond donors (Lipinski definition) is 1. The van der Waals surface area contributed by atoms with Crippen molar-refractivity contribution in [2.75, 3.05) is 26.3 Å². The number of carbonyl (C=O) groups excluding carboxylic acids is 1. The summed E-state index contributed by atoms with van der Waals surface area (Å²) in [4.78, 5) is 17.8. The summed E-state index contributed by atoms with van der Waals surface area (Å²) in [6.45, 7) is 2.58. The van der Waals surface area contributed by atoms with Crippen LogP contribution in [0.3, 0.4) is 0 Å². The molecule has 5 heteroatoms. The lowest BCUT2D eigenvalue weighted by atomic mass is 10.1. The van der Waals surface area contributed by atoms with E-state index in [0.29, 0.717) is 37.6 Å². The van der Waals surface area contributed by atoms with Gasteiger partial charge in [0.25, 0.3) is 5.91 Å². The Balaban J connectivity index is 1.84. The fourth-order valence-corrected chi connectivity index (χ4v) is 2.94. The van der Waals surface area contributed by atoms with Gasteiger partial charge in [-0.25, -0.2) is 0 Å². The molecule has 0 aliphatic carbocycles. The van der Waals surface area contributed by atoms with Crippen LogP contribution in [0.4, 0.5) is 0 Å². The fraction of sp³-hybridized carbons (Fsp3) is 0.412. The Morgan fingerprint density at radius 1 is 1.45 bits per heavy atom. The number of ether oxygens (including phenoxy) is 1. The molecular formula is C17H19N3O2. The largest absolute Gasteiger partial charge is 0.381 e. The number of nitriles is 1. The summed E-state index contributed by atoms with van der Waals surface area (Å²) in [5.41, 5.74) is 1.64. The Labute approximate surface area is 129 Å². The van der Waals surface area contributed by atoms with E-state index in [1.165, 1.54) is 0 Å². The maximum absolute atomic E-state index is 12.9. The minimum atomic E-state index is -0.00708. The summed E-state index contributed by atoms with van der Waals surface area (Å²) >= 11 is 0. The van der Waals surface area contributed by atoms with Gasteiger partial charge in [-0.15, -0.1) is 0 Å². The molecule has 5 nitrogen and oxygen atoms in total. The zero-order valence-corrected chi connectivity index (χ0v) is 12.4. The third kappa shape index (κ3) is 2.97. The van der Waals surface area contributed by atoms with Crippen molar-refractivity contribution >= 4 is 16.8 Å². The molecule has 1 aliphatic heterocycles. The van der Waals surface area contributed by atoms with Crippen LogP contribution in [-0.4, -0.2) is 42.1 Å². The molecule has 1 atom stereocenters. The molecular weight excluding hydrogens is 278 g/mol. The number of benzene rings is 1. The number of aromatic amines is 1. The quantitative estimate of drug-likeness (QED) is 0.922. The fourth-order valence-electron chi connectivity index (χ4n) is 2.94. The summed E-state index contributed by atoms with van der Waals surface area (Å²) in [7, 11) is 0. The van der Waals surface area contributed by atoms with Gasteiger partial charge in [-0.05, 0) is 24.6 Å². The Bertz CT molecular complexity index is 695. The first kappa shape index (κ1) is 14.6. The first-order valence-corrected chi connectivity index (χ1v) is 7.59. The third-order valence-corrected chi connectivity index (χ3v) is 4.11. The second-order valence-electron chi connectivity index (χ2n) is 5.63. The Morgan fingerprint density at radius 2 is 2.36 bits per heavy atom. The van der Waals surface area contributed by atoms with Crippen LogP contribution in [0.2, 0.25) is 0 Å². The van der Waals surface area contributed by atoms with Gasteiger partial charge in [0.1, 0.15) is 0 Å². The van der Waals surface area contributed by atoms with Crippen LogP contribution < -0.4 is 0 Å². The second kappa shape index (κ2) is 6.63. The van der Waals surface area contributed by atoms with Gasteiger partial charge in [-0.1, -0.05) is 6.07 Å². The van der Waals surface area contributed by atoms with Crippen molar-refractivity contribution < 1.29 is 9.53 Å². The molecule has 0 radical (unpaired) electrons. The summed E-state index contributed by atoms with van der Waals surface area (Å²) in [5, 5.41) is 9.78. The molecule has 1 saturated heterocycles. The topological polar surface area (TPSA) is 69.1 Å². The summed E-state index contributed by atoms with van der Waals surface area (Å²) < 4.78 is 5.40. The lowest BCUT2D eigenvalue weighted by Crippen LogP contribution is -2.36. The van der Waals surface area contributed by atoms with Crippen molar-refractivity contribution in [3.05, 3.63) is 36.0 Å².